The van der Waals surface area contributed by atoms with Crippen molar-refractivity contribution in [3.05, 3.63) is 41.6 Å². The van der Waals surface area contributed by atoms with Crippen molar-refractivity contribution in [3.8, 4) is 5.75 Å². The standard InChI is InChI=1S/C29H41N7O3/c1-7-17(3)14-18(8-2)23(31-4)15-21(30)20-10-9-11-22(27(20)39-6)33-24-16-25(34-28(37)19-12-13-19)35-36-26(24)29(38)32-5/h9-11,15-19H,7-8,12-14,30H2,1-6H3,(H,32,38)(H2,33,34,35,37)/b21-15-,31-23?. The number of nitrogens with one attached hydrogen (secondary N) is 3. The Balaban J connectivity index is 1.97. The molecule has 210 valence electrons. The van der Waals surface area contributed by atoms with Crippen LogP contribution in [0.15, 0.2) is 35.3 Å². The minimum Gasteiger partial charge on any atom is -0.494 e. The predicted octanol–water partition coefficient (Wildman–Crippen LogP) is 4.77. The summed E-state index contributed by atoms with van der Waals surface area (Å²) in [5.41, 5.74) is 9.80. The molecule has 2 atom stereocenters. The summed E-state index contributed by atoms with van der Waals surface area (Å²) in [6.07, 6.45) is 6.77. The van der Waals surface area contributed by atoms with Crippen molar-refractivity contribution in [1.82, 2.24) is 15.5 Å². The number of carbonyl (C=O) groups is 2. The third-order valence-corrected chi connectivity index (χ3v) is 7.09. The number of para-hydroxylation sites is 1. The molecular formula is C29H41N7O3. The van der Waals surface area contributed by atoms with Crippen LogP contribution < -0.4 is 26.4 Å². The number of aromatic nitrogens is 2. The van der Waals surface area contributed by atoms with Gasteiger partial charge in [-0.1, -0.05) is 33.3 Å². The molecule has 1 aliphatic carbocycles. The Morgan fingerprint density at radius 1 is 1.21 bits per heavy atom. The lowest BCUT2D eigenvalue weighted by molar-refractivity contribution is -0.117. The average Bonchev–Trinajstić information content (AvgIpc) is 3.80. The van der Waals surface area contributed by atoms with Gasteiger partial charge in [-0.2, -0.15) is 0 Å². The summed E-state index contributed by atoms with van der Waals surface area (Å²) < 4.78 is 5.79. The Bertz CT molecular complexity index is 1240. The molecule has 10 heteroatoms. The van der Waals surface area contributed by atoms with Gasteiger partial charge in [-0.3, -0.25) is 14.6 Å². The molecule has 3 rings (SSSR count). The van der Waals surface area contributed by atoms with Crippen molar-refractivity contribution in [2.45, 2.75) is 52.9 Å². The second kappa shape index (κ2) is 13.7. The molecule has 10 nitrogen and oxygen atoms in total. The largest absolute Gasteiger partial charge is 0.494 e. The van der Waals surface area contributed by atoms with Crippen LogP contribution >= 0.6 is 0 Å². The number of allylic oxidation sites excluding steroid dienone is 1. The molecule has 2 aromatic rings. The van der Waals surface area contributed by atoms with Crippen molar-refractivity contribution < 1.29 is 14.3 Å². The van der Waals surface area contributed by atoms with Crippen molar-refractivity contribution in [1.29, 1.82) is 0 Å². The van der Waals surface area contributed by atoms with Crippen LogP contribution in [0.4, 0.5) is 17.2 Å². The quantitative estimate of drug-likeness (QED) is 0.271. The summed E-state index contributed by atoms with van der Waals surface area (Å²) in [6.45, 7) is 6.62. The van der Waals surface area contributed by atoms with Crippen LogP contribution in [0, 0.1) is 17.8 Å². The molecule has 0 spiro atoms. The second-order valence-corrected chi connectivity index (χ2v) is 9.95. The molecule has 1 aliphatic rings. The van der Waals surface area contributed by atoms with E-state index in [1.807, 2.05) is 24.3 Å². The molecule has 0 saturated heterocycles. The van der Waals surface area contributed by atoms with Gasteiger partial charge in [-0.25, -0.2) is 0 Å². The van der Waals surface area contributed by atoms with Gasteiger partial charge >= 0.3 is 0 Å². The fourth-order valence-electron chi connectivity index (χ4n) is 4.39. The number of ether oxygens (including phenoxy) is 1. The van der Waals surface area contributed by atoms with Crippen LogP contribution in [0.1, 0.15) is 68.9 Å². The molecule has 2 amide bonds. The summed E-state index contributed by atoms with van der Waals surface area (Å²) in [4.78, 5) is 29.4. The van der Waals surface area contributed by atoms with Crippen molar-refractivity contribution in [2.24, 2.45) is 28.5 Å². The van der Waals surface area contributed by atoms with E-state index in [0.29, 0.717) is 40.2 Å². The highest BCUT2D eigenvalue weighted by Gasteiger charge is 2.30. The number of anilines is 3. The number of methoxy groups -OCH3 is 1. The first-order chi connectivity index (χ1) is 18.8. The number of hydrogen-bond acceptors (Lipinski definition) is 8. The van der Waals surface area contributed by atoms with E-state index >= 15 is 0 Å². The molecule has 0 aliphatic heterocycles. The number of carbonyl (C=O) groups excluding carboxylic acids is 2. The summed E-state index contributed by atoms with van der Waals surface area (Å²) in [5, 5.41) is 16.7. The lowest BCUT2D eigenvalue weighted by Gasteiger charge is -2.20. The Hall–Kier alpha value is -3.95. The van der Waals surface area contributed by atoms with Gasteiger partial charge in [0.15, 0.2) is 17.3 Å². The normalized spacial score (nSPS) is 15.3. The van der Waals surface area contributed by atoms with Gasteiger partial charge in [-0.15, -0.1) is 10.2 Å². The zero-order chi connectivity index (χ0) is 28.5. The molecule has 0 bridgehead atoms. The molecule has 1 heterocycles. The number of benzene rings is 1. The molecule has 1 aromatic heterocycles. The fraction of sp³-hybridized carbons (Fsp3) is 0.483. The molecular weight excluding hydrogens is 494 g/mol. The van der Waals surface area contributed by atoms with Crippen molar-refractivity contribution in [2.75, 3.05) is 31.8 Å². The van der Waals surface area contributed by atoms with Crippen LogP contribution in [0.25, 0.3) is 5.70 Å². The lowest BCUT2D eigenvalue weighted by atomic mass is 9.87. The zero-order valence-corrected chi connectivity index (χ0v) is 23.8. The molecule has 1 aromatic carbocycles. The number of nitrogens with zero attached hydrogens (tertiary/aromatic N) is 3. The van der Waals surface area contributed by atoms with Gasteiger partial charge in [0.25, 0.3) is 5.91 Å². The van der Waals surface area contributed by atoms with E-state index in [4.69, 9.17) is 10.5 Å². The number of rotatable bonds is 13. The SMILES string of the molecule is CCC(C)CC(CC)C(/C=C(\N)c1cccc(Nc2cc(NC(=O)C3CC3)nnc2C(=O)NC)c1OC)=NC. The van der Waals surface area contributed by atoms with Crippen LogP contribution in [-0.2, 0) is 4.79 Å². The Morgan fingerprint density at radius 2 is 1.95 bits per heavy atom. The first-order valence-electron chi connectivity index (χ1n) is 13.5. The Kier molecular flexibility index (Phi) is 10.4. The van der Waals surface area contributed by atoms with Crippen molar-refractivity contribution >= 4 is 40.4 Å². The second-order valence-electron chi connectivity index (χ2n) is 9.95. The molecule has 2 unspecified atom stereocenters. The van der Waals surface area contributed by atoms with Crippen LogP contribution in [0.2, 0.25) is 0 Å². The summed E-state index contributed by atoms with van der Waals surface area (Å²) >= 11 is 0. The molecule has 39 heavy (non-hydrogen) atoms. The van der Waals surface area contributed by atoms with E-state index in [0.717, 1.165) is 37.8 Å². The van der Waals surface area contributed by atoms with Crippen LogP contribution in [0.3, 0.4) is 0 Å². The molecule has 0 radical (unpaired) electrons. The third-order valence-electron chi connectivity index (χ3n) is 7.09. The van der Waals surface area contributed by atoms with E-state index in [1.165, 1.54) is 7.05 Å². The first-order valence-corrected chi connectivity index (χ1v) is 13.5. The minimum absolute atomic E-state index is 0.00223. The average molecular weight is 536 g/mol. The monoisotopic (exact) mass is 535 g/mol. The molecule has 1 fully saturated rings. The highest BCUT2D eigenvalue weighted by atomic mass is 16.5. The number of nitrogens with two attached hydrogens (primary N) is 1. The fourth-order valence-corrected chi connectivity index (χ4v) is 4.39. The van der Waals surface area contributed by atoms with E-state index < -0.39 is 5.91 Å². The van der Waals surface area contributed by atoms with Crippen LogP contribution in [0.5, 0.6) is 5.75 Å². The van der Waals surface area contributed by atoms with Gasteiger partial charge in [-0.05, 0) is 49.8 Å². The van der Waals surface area contributed by atoms with Gasteiger partial charge in [0.2, 0.25) is 5.91 Å². The Labute approximate surface area is 230 Å². The maximum Gasteiger partial charge on any atom is 0.273 e. The van der Waals surface area contributed by atoms with Gasteiger partial charge in [0, 0.05) is 49.0 Å². The highest BCUT2D eigenvalue weighted by Crippen LogP contribution is 2.36. The smallest absolute Gasteiger partial charge is 0.273 e. The maximum atomic E-state index is 12.5. The van der Waals surface area contributed by atoms with E-state index in [1.54, 1.807) is 20.2 Å². The molecule has 5 N–H and O–H groups in total. The topological polar surface area (TPSA) is 144 Å². The van der Waals surface area contributed by atoms with Crippen molar-refractivity contribution in [3.63, 3.8) is 0 Å². The number of hydrogen-bond donors (Lipinski definition) is 4. The van der Waals surface area contributed by atoms with E-state index in [2.05, 4.69) is 51.9 Å². The number of aliphatic imine (C=N–C) groups is 1. The van der Waals surface area contributed by atoms with Gasteiger partial charge < -0.3 is 26.4 Å². The van der Waals surface area contributed by atoms with Gasteiger partial charge in [0.1, 0.15) is 0 Å². The van der Waals surface area contributed by atoms with Gasteiger partial charge in [0.05, 0.1) is 18.5 Å². The maximum absolute atomic E-state index is 12.5. The molecule has 1 saturated carbocycles. The Morgan fingerprint density at radius 3 is 2.54 bits per heavy atom. The third kappa shape index (κ3) is 7.55. The minimum atomic E-state index is -0.421. The van der Waals surface area contributed by atoms with E-state index in [-0.39, 0.29) is 23.3 Å². The van der Waals surface area contributed by atoms with E-state index in [9.17, 15) is 9.59 Å². The summed E-state index contributed by atoms with van der Waals surface area (Å²) in [7, 11) is 4.88. The van der Waals surface area contributed by atoms with Crippen LogP contribution in [-0.4, -0.2) is 48.9 Å². The summed E-state index contributed by atoms with van der Waals surface area (Å²) in [6, 6.07) is 7.14. The zero-order valence-electron chi connectivity index (χ0n) is 23.8. The highest BCUT2D eigenvalue weighted by molar-refractivity contribution is 6.03. The predicted molar refractivity (Wildman–Crippen MR) is 156 cm³/mol. The summed E-state index contributed by atoms with van der Waals surface area (Å²) in [5.74, 6) is 1.13. The number of amides is 2. The first kappa shape index (κ1) is 29.6. The lowest BCUT2D eigenvalue weighted by Crippen LogP contribution is -2.22.